The van der Waals surface area contributed by atoms with E-state index < -0.39 is 0 Å². The van der Waals surface area contributed by atoms with E-state index in [0.717, 1.165) is 24.8 Å². The van der Waals surface area contributed by atoms with E-state index in [2.05, 4.69) is 28.7 Å². The lowest BCUT2D eigenvalue weighted by molar-refractivity contribution is 0.0639. The van der Waals surface area contributed by atoms with Crippen molar-refractivity contribution in [3.8, 4) is 0 Å². The minimum absolute atomic E-state index is 0.0449. The fourth-order valence-corrected chi connectivity index (χ4v) is 2.55. The molecule has 2 heterocycles. The van der Waals surface area contributed by atoms with Crippen molar-refractivity contribution in [2.45, 2.75) is 38.1 Å². The fraction of sp³-hybridized carbons (Fsp3) is 0.692. The molecule has 4 nitrogen and oxygen atoms in total. The predicted molar refractivity (Wildman–Crippen MR) is 71.3 cm³/mol. The van der Waals surface area contributed by atoms with E-state index in [1.165, 1.54) is 12.8 Å². The molecule has 0 unspecified atom stereocenters. The lowest BCUT2D eigenvalue weighted by atomic mass is 10.0. The minimum Gasteiger partial charge on any atom is -0.377 e. The molecule has 18 heavy (non-hydrogen) atoms. The maximum absolute atomic E-state index is 6.13. The molecule has 1 aliphatic heterocycles. The van der Waals surface area contributed by atoms with Crippen molar-refractivity contribution in [2.24, 2.45) is 0 Å². The van der Waals surface area contributed by atoms with Crippen LogP contribution < -0.4 is 4.90 Å². The number of hydrogen-bond acceptors (Lipinski definition) is 4. The molecule has 2 aliphatic rings. The van der Waals surface area contributed by atoms with Crippen molar-refractivity contribution in [3.63, 3.8) is 0 Å². The van der Waals surface area contributed by atoms with Crippen LogP contribution >= 0.6 is 11.6 Å². The Balaban J connectivity index is 1.94. The number of halogens is 1. The average Bonchev–Trinajstić information content (AvgIpc) is 3.11. The maximum atomic E-state index is 6.13. The number of hydrogen-bond donors (Lipinski definition) is 0. The maximum Gasteiger partial charge on any atom is 0.135 e. The number of anilines is 1. The summed E-state index contributed by atoms with van der Waals surface area (Å²) in [6.45, 7) is 6.64. The summed E-state index contributed by atoms with van der Waals surface area (Å²) < 4.78 is 5.54. The van der Waals surface area contributed by atoms with Gasteiger partial charge in [0.15, 0.2) is 0 Å². The summed E-state index contributed by atoms with van der Waals surface area (Å²) in [4.78, 5) is 11.3. The molecule has 0 spiro atoms. The first-order valence-corrected chi connectivity index (χ1v) is 6.84. The molecular formula is C13H18ClN3O. The first kappa shape index (κ1) is 12.2. The van der Waals surface area contributed by atoms with Gasteiger partial charge in [-0.05, 0) is 26.7 Å². The number of aromatic nitrogens is 2. The van der Waals surface area contributed by atoms with Gasteiger partial charge in [0, 0.05) is 18.5 Å². The lowest BCUT2D eigenvalue weighted by Gasteiger charge is -2.43. The van der Waals surface area contributed by atoms with Crippen molar-refractivity contribution < 1.29 is 4.74 Å². The molecule has 1 saturated heterocycles. The van der Waals surface area contributed by atoms with Crippen molar-refractivity contribution in [1.29, 1.82) is 0 Å². The minimum atomic E-state index is -0.0449. The van der Waals surface area contributed by atoms with Gasteiger partial charge < -0.3 is 9.64 Å². The number of morpholine rings is 1. The van der Waals surface area contributed by atoms with Crippen LogP contribution in [-0.2, 0) is 4.74 Å². The van der Waals surface area contributed by atoms with Crippen LogP contribution in [-0.4, -0.2) is 35.3 Å². The molecule has 0 radical (unpaired) electrons. The Morgan fingerprint density at radius 3 is 2.83 bits per heavy atom. The van der Waals surface area contributed by atoms with E-state index in [9.17, 15) is 0 Å². The van der Waals surface area contributed by atoms with Crippen LogP contribution in [0, 0.1) is 0 Å². The molecule has 1 aliphatic carbocycles. The third-order valence-electron chi connectivity index (χ3n) is 3.56. The number of nitrogens with zero attached hydrogens (tertiary/aromatic N) is 3. The van der Waals surface area contributed by atoms with Crippen molar-refractivity contribution in [1.82, 2.24) is 9.97 Å². The molecule has 1 saturated carbocycles. The summed E-state index contributed by atoms with van der Waals surface area (Å²) in [7, 11) is 0. The third-order valence-corrected chi connectivity index (χ3v) is 3.76. The van der Waals surface area contributed by atoms with Gasteiger partial charge >= 0.3 is 0 Å². The molecule has 1 aromatic heterocycles. The van der Waals surface area contributed by atoms with Gasteiger partial charge in [0.25, 0.3) is 0 Å². The van der Waals surface area contributed by atoms with E-state index in [1.54, 1.807) is 0 Å². The largest absolute Gasteiger partial charge is 0.377 e. The van der Waals surface area contributed by atoms with Crippen LogP contribution in [0.3, 0.4) is 0 Å². The molecule has 0 atom stereocenters. The summed E-state index contributed by atoms with van der Waals surface area (Å²) >= 11 is 6.13. The van der Waals surface area contributed by atoms with Crippen LogP contribution in [0.1, 0.15) is 38.4 Å². The molecule has 98 valence electrons. The standard InChI is InChI=1S/C13H18ClN3O/c1-13(2)8-18-6-5-17(13)11-7-10(14)15-12(16-11)9-3-4-9/h7,9H,3-6,8H2,1-2H3. The molecule has 1 aromatic rings. The highest BCUT2D eigenvalue weighted by molar-refractivity contribution is 6.29. The van der Waals surface area contributed by atoms with Crippen LogP contribution in [0.4, 0.5) is 5.82 Å². The molecule has 2 fully saturated rings. The quantitative estimate of drug-likeness (QED) is 0.772. The summed E-state index contributed by atoms with van der Waals surface area (Å²) in [5.74, 6) is 2.36. The molecule has 5 heteroatoms. The summed E-state index contributed by atoms with van der Waals surface area (Å²) in [5.41, 5.74) is -0.0449. The Labute approximate surface area is 112 Å². The normalized spacial score (nSPS) is 23.2. The summed E-state index contributed by atoms with van der Waals surface area (Å²) in [6.07, 6.45) is 2.37. The zero-order chi connectivity index (χ0) is 12.8. The SMILES string of the molecule is CC1(C)COCCN1c1cc(Cl)nc(C2CC2)n1. The second kappa shape index (κ2) is 4.35. The van der Waals surface area contributed by atoms with Gasteiger partial charge in [0.1, 0.15) is 16.8 Å². The first-order valence-electron chi connectivity index (χ1n) is 6.46. The highest BCUT2D eigenvalue weighted by Crippen LogP contribution is 2.39. The summed E-state index contributed by atoms with van der Waals surface area (Å²) in [5, 5.41) is 0.546. The summed E-state index contributed by atoms with van der Waals surface area (Å²) in [6, 6.07) is 1.86. The van der Waals surface area contributed by atoms with E-state index in [4.69, 9.17) is 16.3 Å². The van der Waals surface area contributed by atoms with Crippen molar-refractivity contribution in [3.05, 3.63) is 17.0 Å². The van der Waals surface area contributed by atoms with Gasteiger partial charge in [0.05, 0.1) is 18.8 Å². The van der Waals surface area contributed by atoms with Crippen LogP contribution in [0.5, 0.6) is 0 Å². The highest BCUT2D eigenvalue weighted by atomic mass is 35.5. The van der Waals surface area contributed by atoms with Gasteiger partial charge in [0.2, 0.25) is 0 Å². The Hall–Kier alpha value is -0.870. The molecule has 0 aromatic carbocycles. The highest BCUT2D eigenvalue weighted by Gasteiger charge is 2.33. The van der Waals surface area contributed by atoms with Gasteiger partial charge in [-0.3, -0.25) is 0 Å². The molecule has 0 amide bonds. The van der Waals surface area contributed by atoms with Gasteiger partial charge in [-0.1, -0.05) is 11.6 Å². The zero-order valence-electron chi connectivity index (χ0n) is 10.8. The second-order valence-electron chi connectivity index (χ2n) is 5.70. The van der Waals surface area contributed by atoms with Gasteiger partial charge in [-0.2, -0.15) is 0 Å². The van der Waals surface area contributed by atoms with E-state index in [-0.39, 0.29) is 5.54 Å². The topological polar surface area (TPSA) is 38.2 Å². The van der Waals surface area contributed by atoms with Gasteiger partial charge in [-0.25, -0.2) is 9.97 Å². The van der Waals surface area contributed by atoms with E-state index in [1.807, 2.05) is 6.07 Å². The molecule has 0 bridgehead atoms. The lowest BCUT2D eigenvalue weighted by Crippen LogP contribution is -2.53. The number of ether oxygens (including phenoxy) is 1. The predicted octanol–water partition coefficient (Wildman–Crippen LogP) is 2.62. The van der Waals surface area contributed by atoms with E-state index in [0.29, 0.717) is 17.7 Å². The first-order chi connectivity index (χ1) is 8.56. The van der Waals surface area contributed by atoms with Crippen molar-refractivity contribution in [2.75, 3.05) is 24.7 Å². The smallest absolute Gasteiger partial charge is 0.135 e. The van der Waals surface area contributed by atoms with Crippen LogP contribution in [0.2, 0.25) is 5.15 Å². The Morgan fingerprint density at radius 1 is 1.39 bits per heavy atom. The number of rotatable bonds is 2. The molecular weight excluding hydrogens is 250 g/mol. The average molecular weight is 268 g/mol. The Bertz CT molecular complexity index is 460. The van der Waals surface area contributed by atoms with Crippen LogP contribution in [0.15, 0.2) is 6.07 Å². The second-order valence-corrected chi connectivity index (χ2v) is 6.09. The molecule has 3 rings (SSSR count). The monoisotopic (exact) mass is 267 g/mol. The van der Waals surface area contributed by atoms with Crippen LogP contribution in [0.25, 0.3) is 0 Å². The molecule has 0 N–H and O–H groups in total. The fourth-order valence-electron chi connectivity index (χ4n) is 2.37. The zero-order valence-corrected chi connectivity index (χ0v) is 11.6. The Kier molecular flexibility index (Phi) is 2.94. The van der Waals surface area contributed by atoms with Crippen molar-refractivity contribution >= 4 is 17.4 Å². The van der Waals surface area contributed by atoms with E-state index >= 15 is 0 Å². The third kappa shape index (κ3) is 2.31. The van der Waals surface area contributed by atoms with Gasteiger partial charge in [-0.15, -0.1) is 0 Å². The Morgan fingerprint density at radius 2 is 2.17 bits per heavy atom.